The maximum Gasteiger partial charge on any atom is 0.200 e. The predicted octanol–water partition coefficient (Wildman–Crippen LogP) is 6.32. The van der Waals surface area contributed by atoms with Gasteiger partial charge in [-0.2, -0.15) is 0 Å². The minimum absolute atomic E-state index is 0.132. The van der Waals surface area contributed by atoms with Crippen LogP contribution in [0.1, 0.15) is 60.5 Å². The van der Waals surface area contributed by atoms with E-state index in [1.54, 1.807) is 7.11 Å². The van der Waals surface area contributed by atoms with Gasteiger partial charge in [-0.3, -0.25) is 0 Å². The van der Waals surface area contributed by atoms with Crippen LogP contribution in [0.3, 0.4) is 0 Å². The summed E-state index contributed by atoms with van der Waals surface area (Å²) in [6.45, 7) is 20.4. The molecule has 1 aromatic rings. The van der Waals surface area contributed by atoms with Gasteiger partial charge in [-0.1, -0.05) is 59.8 Å². The summed E-state index contributed by atoms with van der Waals surface area (Å²) in [6.07, 6.45) is 1.89. The molecule has 0 aliphatic rings. The molecule has 6 heteroatoms. The fraction of sp³-hybridized carbons (Fsp3) is 0.692. The number of aliphatic hydroxyl groups is 1. The third-order valence-corrected chi connectivity index (χ3v) is 12.6. The van der Waals surface area contributed by atoms with E-state index in [2.05, 4.69) is 48.1 Å². The summed E-state index contributed by atoms with van der Waals surface area (Å²) in [6, 6.07) is 7.77. The second-order valence-corrected chi connectivity index (χ2v) is 15.0. The van der Waals surface area contributed by atoms with Crippen LogP contribution in [-0.4, -0.2) is 46.1 Å². The molecule has 3 atom stereocenters. The second kappa shape index (κ2) is 14.2. The molecule has 0 saturated carbocycles. The van der Waals surface area contributed by atoms with Gasteiger partial charge < -0.3 is 23.7 Å². The highest BCUT2D eigenvalue weighted by Crippen LogP contribution is 2.44. The van der Waals surface area contributed by atoms with E-state index in [4.69, 9.17) is 18.6 Å². The average molecular weight is 467 g/mol. The van der Waals surface area contributed by atoms with Crippen LogP contribution >= 0.6 is 0 Å². The van der Waals surface area contributed by atoms with Gasteiger partial charge in [0, 0.05) is 5.92 Å². The Morgan fingerprint density at radius 2 is 1.50 bits per heavy atom. The van der Waals surface area contributed by atoms with Crippen LogP contribution in [0.5, 0.6) is 5.75 Å². The highest BCUT2D eigenvalue weighted by atomic mass is 28.4. The molecule has 0 bridgehead atoms. The van der Waals surface area contributed by atoms with Crippen LogP contribution in [0.4, 0.5) is 0 Å². The first-order chi connectivity index (χ1) is 15.1. The maximum absolute atomic E-state index is 10.6. The Hall–Kier alpha value is -1.18. The number of ether oxygens (including phenoxy) is 3. The van der Waals surface area contributed by atoms with Crippen LogP contribution in [-0.2, 0) is 20.5 Å². The molecular formula is C26H46O5Si. The number of hydrogen-bond donors (Lipinski definition) is 1. The highest BCUT2D eigenvalue weighted by molar-refractivity contribution is 6.77. The van der Waals surface area contributed by atoms with Crippen LogP contribution in [0.25, 0.3) is 0 Å². The van der Waals surface area contributed by atoms with E-state index in [1.165, 1.54) is 0 Å². The quantitative estimate of drug-likeness (QED) is 0.134. The topological polar surface area (TPSA) is 57.2 Å². The van der Waals surface area contributed by atoms with Crippen LogP contribution in [0, 0.1) is 5.92 Å². The Balaban J connectivity index is 2.78. The number of aliphatic hydroxyl groups excluding tert-OH is 1. The smallest absolute Gasteiger partial charge is 0.200 e. The molecule has 0 heterocycles. The lowest BCUT2D eigenvalue weighted by atomic mass is 9.95. The van der Waals surface area contributed by atoms with Gasteiger partial charge in [0.15, 0.2) is 0 Å². The van der Waals surface area contributed by atoms with Crippen molar-refractivity contribution in [1.29, 1.82) is 0 Å². The van der Waals surface area contributed by atoms with Crippen LogP contribution in [0.2, 0.25) is 16.6 Å². The van der Waals surface area contributed by atoms with Gasteiger partial charge in [0.1, 0.15) is 12.5 Å². The summed E-state index contributed by atoms with van der Waals surface area (Å²) in [5.74, 6) is 0.669. The molecular weight excluding hydrogens is 420 g/mol. The third kappa shape index (κ3) is 7.99. The van der Waals surface area contributed by atoms with Crippen molar-refractivity contribution < 1.29 is 23.7 Å². The van der Waals surface area contributed by atoms with Gasteiger partial charge >= 0.3 is 0 Å². The third-order valence-electron chi connectivity index (χ3n) is 6.46. The lowest BCUT2D eigenvalue weighted by Crippen LogP contribution is -2.53. The Morgan fingerprint density at radius 1 is 0.938 bits per heavy atom. The summed E-state index contributed by atoms with van der Waals surface area (Å²) >= 11 is 0. The van der Waals surface area contributed by atoms with Crippen molar-refractivity contribution in [2.75, 3.05) is 20.5 Å². The molecule has 0 radical (unpaired) electrons. The van der Waals surface area contributed by atoms with Crippen molar-refractivity contribution in [3.63, 3.8) is 0 Å². The van der Waals surface area contributed by atoms with Crippen LogP contribution in [0.15, 0.2) is 36.9 Å². The Kier molecular flexibility index (Phi) is 12.8. The highest BCUT2D eigenvalue weighted by Gasteiger charge is 2.47. The standard InChI is InChI=1S/C26H46O5Si/c1-10-11-26(31-32(19(2)3,20(4)5)21(6)7)25(22(8)27)17-30-18-29-16-23-12-14-24(28-9)15-13-23/h10,12-15,19-22,25-27H,1,11,16-18H2,2-9H3/t22-,25+,26+/m1/s1. The molecule has 1 N–H and O–H groups in total. The second-order valence-electron chi connectivity index (χ2n) is 9.59. The summed E-state index contributed by atoms with van der Waals surface area (Å²) in [4.78, 5) is 0. The van der Waals surface area contributed by atoms with Gasteiger partial charge in [-0.25, -0.2) is 0 Å². The molecule has 0 fully saturated rings. The first-order valence-electron chi connectivity index (χ1n) is 11.8. The summed E-state index contributed by atoms with van der Waals surface area (Å²) in [5.41, 5.74) is 2.46. The van der Waals surface area contributed by atoms with Crippen molar-refractivity contribution in [1.82, 2.24) is 0 Å². The van der Waals surface area contributed by atoms with Gasteiger partial charge in [-0.15, -0.1) is 6.58 Å². The SMILES string of the molecule is C=CC[C@H](O[Si](C(C)C)(C(C)C)C(C)C)[C@@H](COCOCc1ccc(OC)cc1)[C@@H](C)O. The number of methoxy groups -OCH3 is 1. The van der Waals surface area contributed by atoms with Crippen molar-refractivity contribution >= 4 is 8.32 Å². The predicted molar refractivity (Wildman–Crippen MR) is 135 cm³/mol. The van der Waals surface area contributed by atoms with E-state index in [-0.39, 0.29) is 18.8 Å². The summed E-state index contributed by atoms with van der Waals surface area (Å²) in [7, 11) is -0.449. The fourth-order valence-corrected chi connectivity index (χ4v) is 10.4. The zero-order valence-corrected chi connectivity index (χ0v) is 22.5. The minimum Gasteiger partial charge on any atom is -0.497 e. The maximum atomic E-state index is 10.6. The van der Waals surface area contributed by atoms with E-state index >= 15 is 0 Å². The lowest BCUT2D eigenvalue weighted by molar-refractivity contribution is -0.0988. The molecule has 5 nitrogen and oxygen atoms in total. The Morgan fingerprint density at radius 3 is 1.94 bits per heavy atom. The molecule has 0 spiro atoms. The zero-order valence-electron chi connectivity index (χ0n) is 21.5. The molecule has 0 unspecified atom stereocenters. The lowest BCUT2D eigenvalue weighted by Gasteiger charge is -2.46. The molecule has 0 aliphatic carbocycles. The van der Waals surface area contributed by atoms with Crippen molar-refractivity contribution in [3.8, 4) is 5.75 Å². The molecule has 32 heavy (non-hydrogen) atoms. The molecule has 1 aromatic carbocycles. The van der Waals surface area contributed by atoms with E-state index in [9.17, 15) is 5.11 Å². The largest absolute Gasteiger partial charge is 0.497 e. The van der Waals surface area contributed by atoms with Crippen molar-refractivity contribution in [2.24, 2.45) is 5.92 Å². The molecule has 0 amide bonds. The normalized spacial score (nSPS) is 15.2. The Labute approximate surface area is 197 Å². The first-order valence-corrected chi connectivity index (χ1v) is 14.0. The van der Waals surface area contributed by atoms with E-state index in [0.717, 1.165) is 11.3 Å². The monoisotopic (exact) mass is 466 g/mol. The average Bonchev–Trinajstić information content (AvgIpc) is 2.73. The molecule has 0 aromatic heterocycles. The number of benzene rings is 1. The molecule has 0 saturated heterocycles. The number of rotatable bonds is 16. The van der Waals surface area contributed by atoms with Gasteiger partial charge in [0.05, 0.1) is 32.5 Å². The summed E-state index contributed by atoms with van der Waals surface area (Å²) < 4.78 is 23.7. The van der Waals surface area contributed by atoms with Gasteiger partial charge in [0.25, 0.3) is 0 Å². The molecule has 0 aliphatic heterocycles. The van der Waals surface area contributed by atoms with Crippen molar-refractivity contribution in [2.45, 2.75) is 90.3 Å². The first kappa shape index (κ1) is 28.8. The zero-order chi connectivity index (χ0) is 24.3. The molecule has 1 rings (SSSR count). The summed E-state index contributed by atoms with van der Waals surface area (Å²) in [5, 5.41) is 10.6. The van der Waals surface area contributed by atoms with Gasteiger partial charge in [0.2, 0.25) is 8.32 Å². The van der Waals surface area contributed by atoms with E-state index < -0.39 is 14.4 Å². The van der Waals surface area contributed by atoms with E-state index in [1.807, 2.05) is 37.3 Å². The van der Waals surface area contributed by atoms with E-state index in [0.29, 0.717) is 36.3 Å². The fourth-order valence-electron chi connectivity index (χ4n) is 4.83. The van der Waals surface area contributed by atoms with Gasteiger partial charge in [-0.05, 0) is 47.7 Å². The Bertz CT molecular complexity index is 620. The van der Waals surface area contributed by atoms with Crippen molar-refractivity contribution in [3.05, 3.63) is 42.5 Å². The minimum atomic E-state index is -2.10. The molecule has 184 valence electrons. The van der Waals surface area contributed by atoms with Crippen LogP contribution < -0.4 is 4.74 Å². The number of hydrogen-bond acceptors (Lipinski definition) is 5.